The average Bonchev–Trinajstić information content (AvgIpc) is 2.97. The number of benzene rings is 1. The number of aliphatic hydroxyl groups is 1. The smallest absolute Gasteiger partial charge is 0.251 e. The van der Waals surface area contributed by atoms with Crippen LogP contribution in [0.5, 0.6) is 0 Å². The highest BCUT2D eigenvalue weighted by molar-refractivity contribution is 5.95. The Morgan fingerprint density at radius 1 is 1.20 bits per heavy atom. The molecule has 4 heteroatoms. The molecule has 0 radical (unpaired) electrons. The van der Waals surface area contributed by atoms with E-state index >= 15 is 0 Å². The lowest BCUT2D eigenvalue weighted by Crippen LogP contribution is -2.56. The lowest BCUT2D eigenvalue weighted by atomic mass is 9.77. The molecule has 1 aromatic carbocycles. The highest BCUT2D eigenvalue weighted by Crippen LogP contribution is 2.31. The van der Waals surface area contributed by atoms with Crippen LogP contribution >= 0.6 is 0 Å². The van der Waals surface area contributed by atoms with Crippen molar-refractivity contribution in [3.8, 4) is 5.69 Å². The summed E-state index contributed by atoms with van der Waals surface area (Å²) in [5, 5.41) is 12.3. The Kier molecular flexibility index (Phi) is 3.32. The molecule has 20 heavy (non-hydrogen) atoms. The molecule has 2 N–H and O–H groups in total. The summed E-state index contributed by atoms with van der Waals surface area (Å²) in [6.45, 7) is 0.0141. The molecule has 104 valence electrons. The van der Waals surface area contributed by atoms with Gasteiger partial charge < -0.3 is 15.0 Å². The van der Waals surface area contributed by atoms with Gasteiger partial charge in [0, 0.05) is 23.6 Å². The topological polar surface area (TPSA) is 54.3 Å². The summed E-state index contributed by atoms with van der Waals surface area (Å²) in [5.41, 5.74) is 1.25. The van der Waals surface area contributed by atoms with Crippen LogP contribution in [0.2, 0.25) is 0 Å². The van der Waals surface area contributed by atoms with Gasteiger partial charge in [-0.3, -0.25) is 4.79 Å². The maximum atomic E-state index is 12.2. The Balaban J connectivity index is 1.73. The third-order valence-corrected chi connectivity index (χ3v) is 4.02. The van der Waals surface area contributed by atoms with E-state index in [1.54, 1.807) is 0 Å². The molecular formula is C16H18N2O2. The molecule has 0 saturated heterocycles. The number of hydrogen-bond donors (Lipinski definition) is 2. The van der Waals surface area contributed by atoms with E-state index in [0.29, 0.717) is 5.56 Å². The fourth-order valence-corrected chi connectivity index (χ4v) is 2.53. The minimum absolute atomic E-state index is 0.0141. The van der Waals surface area contributed by atoms with Gasteiger partial charge in [0.05, 0.1) is 12.1 Å². The van der Waals surface area contributed by atoms with Crippen LogP contribution in [0.1, 0.15) is 29.6 Å². The predicted molar refractivity (Wildman–Crippen MR) is 76.9 cm³/mol. The van der Waals surface area contributed by atoms with Crippen molar-refractivity contribution in [2.75, 3.05) is 6.61 Å². The van der Waals surface area contributed by atoms with E-state index in [1.165, 1.54) is 0 Å². The molecule has 1 fully saturated rings. The van der Waals surface area contributed by atoms with E-state index in [0.717, 1.165) is 24.9 Å². The van der Waals surface area contributed by atoms with Crippen molar-refractivity contribution in [1.29, 1.82) is 0 Å². The largest absolute Gasteiger partial charge is 0.394 e. The number of aliphatic hydroxyl groups excluding tert-OH is 1. The van der Waals surface area contributed by atoms with Gasteiger partial charge in [0.1, 0.15) is 0 Å². The Morgan fingerprint density at radius 2 is 1.85 bits per heavy atom. The first-order chi connectivity index (χ1) is 9.72. The highest BCUT2D eigenvalue weighted by atomic mass is 16.3. The summed E-state index contributed by atoms with van der Waals surface area (Å²) in [5.74, 6) is -0.113. The van der Waals surface area contributed by atoms with Gasteiger partial charge in [-0.25, -0.2) is 0 Å². The summed E-state index contributed by atoms with van der Waals surface area (Å²) in [7, 11) is 0. The van der Waals surface area contributed by atoms with Gasteiger partial charge in [-0.2, -0.15) is 0 Å². The summed E-state index contributed by atoms with van der Waals surface area (Å²) in [6.07, 6.45) is 6.70. The van der Waals surface area contributed by atoms with Crippen LogP contribution in [0.15, 0.2) is 48.8 Å². The van der Waals surface area contributed by atoms with E-state index in [4.69, 9.17) is 0 Å². The van der Waals surface area contributed by atoms with Crippen LogP contribution < -0.4 is 5.32 Å². The van der Waals surface area contributed by atoms with Gasteiger partial charge in [0.2, 0.25) is 0 Å². The molecule has 1 aromatic heterocycles. The summed E-state index contributed by atoms with van der Waals surface area (Å²) < 4.78 is 1.99. The SMILES string of the molecule is O=C(NC1(CO)CCC1)c1ccc(-n2cccc2)cc1. The zero-order valence-electron chi connectivity index (χ0n) is 11.2. The quantitative estimate of drug-likeness (QED) is 0.894. The molecule has 1 saturated carbocycles. The van der Waals surface area contributed by atoms with Crippen molar-refractivity contribution < 1.29 is 9.90 Å². The van der Waals surface area contributed by atoms with Gasteiger partial charge in [-0.1, -0.05) is 0 Å². The standard InChI is InChI=1S/C16H18N2O2/c19-12-16(8-3-9-16)17-15(20)13-4-6-14(7-5-13)18-10-1-2-11-18/h1-2,4-7,10-11,19H,3,8-9,12H2,(H,17,20). The minimum atomic E-state index is -0.393. The van der Waals surface area contributed by atoms with Crippen LogP contribution in [0.4, 0.5) is 0 Å². The molecule has 4 nitrogen and oxygen atoms in total. The van der Waals surface area contributed by atoms with Crippen molar-refractivity contribution in [1.82, 2.24) is 9.88 Å². The monoisotopic (exact) mass is 270 g/mol. The first-order valence-electron chi connectivity index (χ1n) is 6.89. The predicted octanol–water partition coefficient (Wildman–Crippen LogP) is 2.12. The van der Waals surface area contributed by atoms with Gasteiger partial charge in [0.15, 0.2) is 0 Å². The van der Waals surface area contributed by atoms with Crippen LogP contribution in [0.25, 0.3) is 5.69 Å². The third-order valence-electron chi connectivity index (χ3n) is 4.02. The number of rotatable bonds is 4. The molecule has 1 aliphatic carbocycles. The lowest BCUT2D eigenvalue weighted by molar-refractivity contribution is 0.0641. The lowest BCUT2D eigenvalue weighted by Gasteiger charge is -2.40. The Hall–Kier alpha value is -2.07. The van der Waals surface area contributed by atoms with Crippen LogP contribution in [0, 0.1) is 0 Å². The van der Waals surface area contributed by atoms with E-state index < -0.39 is 5.54 Å². The minimum Gasteiger partial charge on any atom is -0.394 e. The van der Waals surface area contributed by atoms with Crippen molar-refractivity contribution in [3.05, 3.63) is 54.4 Å². The van der Waals surface area contributed by atoms with Crippen molar-refractivity contribution in [2.24, 2.45) is 0 Å². The maximum absolute atomic E-state index is 12.2. The van der Waals surface area contributed by atoms with Crippen LogP contribution in [0.3, 0.4) is 0 Å². The van der Waals surface area contributed by atoms with Gasteiger partial charge in [-0.15, -0.1) is 0 Å². The fraction of sp³-hybridized carbons (Fsp3) is 0.312. The maximum Gasteiger partial charge on any atom is 0.251 e. The number of nitrogens with zero attached hydrogens (tertiary/aromatic N) is 1. The molecule has 1 amide bonds. The van der Waals surface area contributed by atoms with Crippen molar-refractivity contribution in [2.45, 2.75) is 24.8 Å². The second kappa shape index (κ2) is 5.13. The Bertz CT molecular complexity index is 578. The number of aromatic nitrogens is 1. The van der Waals surface area contributed by atoms with Crippen LogP contribution in [-0.2, 0) is 0 Å². The molecule has 1 aliphatic rings. The molecule has 0 spiro atoms. The highest BCUT2D eigenvalue weighted by Gasteiger charge is 2.37. The molecule has 0 atom stereocenters. The number of carbonyl (C=O) groups excluding carboxylic acids is 1. The van der Waals surface area contributed by atoms with Gasteiger partial charge in [-0.05, 0) is 55.7 Å². The van der Waals surface area contributed by atoms with Crippen LogP contribution in [-0.4, -0.2) is 27.7 Å². The molecule has 2 aromatic rings. The molecule has 0 bridgehead atoms. The van der Waals surface area contributed by atoms with Gasteiger partial charge in [0.25, 0.3) is 5.91 Å². The van der Waals surface area contributed by atoms with Crippen molar-refractivity contribution >= 4 is 5.91 Å². The zero-order valence-corrected chi connectivity index (χ0v) is 11.2. The number of carbonyl (C=O) groups is 1. The molecule has 3 rings (SSSR count). The molecular weight excluding hydrogens is 252 g/mol. The Morgan fingerprint density at radius 3 is 2.35 bits per heavy atom. The fourth-order valence-electron chi connectivity index (χ4n) is 2.53. The third kappa shape index (κ3) is 2.34. The summed E-state index contributed by atoms with van der Waals surface area (Å²) in [6, 6.07) is 11.4. The van der Waals surface area contributed by atoms with E-state index in [2.05, 4.69) is 5.32 Å². The van der Waals surface area contributed by atoms with Gasteiger partial charge >= 0.3 is 0 Å². The first kappa shape index (κ1) is 12.9. The molecule has 0 aliphatic heterocycles. The first-order valence-corrected chi connectivity index (χ1v) is 6.89. The van der Waals surface area contributed by atoms with E-state index in [1.807, 2.05) is 53.4 Å². The second-order valence-corrected chi connectivity index (χ2v) is 5.38. The molecule has 1 heterocycles. The van der Waals surface area contributed by atoms with E-state index in [9.17, 15) is 9.90 Å². The van der Waals surface area contributed by atoms with Crippen molar-refractivity contribution in [3.63, 3.8) is 0 Å². The summed E-state index contributed by atoms with van der Waals surface area (Å²) in [4.78, 5) is 12.2. The summed E-state index contributed by atoms with van der Waals surface area (Å²) >= 11 is 0. The number of nitrogens with one attached hydrogen (secondary N) is 1. The normalized spacial score (nSPS) is 16.4. The second-order valence-electron chi connectivity index (χ2n) is 5.38. The average molecular weight is 270 g/mol. The zero-order chi connectivity index (χ0) is 14.0. The number of amides is 1. The molecule has 0 unspecified atom stereocenters. The Labute approximate surface area is 118 Å². The number of hydrogen-bond acceptors (Lipinski definition) is 2. The van der Waals surface area contributed by atoms with E-state index in [-0.39, 0.29) is 12.5 Å².